The maximum Gasteiger partial charge on any atom is 0.169 e. The second-order valence-corrected chi connectivity index (χ2v) is 5.33. The van der Waals surface area contributed by atoms with Gasteiger partial charge in [0, 0.05) is 12.1 Å². The number of Topliss-reactive ketones (excluding diaryl/α,β-unsaturated/α-hetero) is 1. The first-order chi connectivity index (χ1) is 8.32. The van der Waals surface area contributed by atoms with Crippen molar-refractivity contribution in [3.63, 3.8) is 0 Å². The number of hydrogen-bond acceptors (Lipinski definition) is 3. The molecule has 0 unspecified atom stereocenters. The van der Waals surface area contributed by atoms with Crippen molar-refractivity contribution >= 4 is 11.3 Å². The molecule has 0 saturated carbocycles. The van der Waals surface area contributed by atoms with Crippen LogP contribution in [0, 0.1) is 5.92 Å². The minimum atomic E-state index is -1.13. The molecule has 0 saturated heterocycles. The summed E-state index contributed by atoms with van der Waals surface area (Å²) in [6.07, 6.45) is 1.78. The van der Waals surface area contributed by atoms with Crippen molar-refractivity contribution in [3.8, 4) is 0 Å². The summed E-state index contributed by atoms with van der Waals surface area (Å²) in [6, 6.07) is 5.55. The molecule has 2 heterocycles. The van der Waals surface area contributed by atoms with Crippen LogP contribution in [0.15, 0.2) is 24.4 Å². The van der Waals surface area contributed by atoms with Crippen molar-refractivity contribution in [3.05, 3.63) is 35.7 Å². The van der Waals surface area contributed by atoms with Crippen LogP contribution in [0.5, 0.6) is 0 Å². The summed E-state index contributed by atoms with van der Waals surface area (Å²) in [4.78, 5) is 12.3. The summed E-state index contributed by atoms with van der Waals surface area (Å²) in [7, 11) is 0. The van der Waals surface area contributed by atoms with Gasteiger partial charge in [0.25, 0.3) is 0 Å². The lowest BCUT2D eigenvalue weighted by atomic mass is 9.93. The van der Waals surface area contributed by atoms with Crippen molar-refractivity contribution < 1.29 is 9.90 Å². The highest BCUT2D eigenvalue weighted by Crippen LogP contribution is 2.27. The third-order valence-electron chi connectivity index (χ3n) is 2.89. The molecule has 2 aromatic heterocycles. The molecule has 1 N–H and O–H groups in total. The van der Waals surface area contributed by atoms with Crippen molar-refractivity contribution in [1.29, 1.82) is 0 Å². The minimum absolute atomic E-state index is 0.00771. The molecular weight excluding hydrogens is 228 g/mol. The summed E-state index contributed by atoms with van der Waals surface area (Å²) in [5.74, 6) is -0.118. The third kappa shape index (κ3) is 2.04. The van der Waals surface area contributed by atoms with Crippen molar-refractivity contribution in [1.82, 2.24) is 9.61 Å². The van der Waals surface area contributed by atoms with Gasteiger partial charge in [0.2, 0.25) is 0 Å². The molecule has 4 heteroatoms. The van der Waals surface area contributed by atoms with E-state index in [-0.39, 0.29) is 11.7 Å². The van der Waals surface area contributed by atoms with E-state index in [4.69, 9.17) is 0 Å². The lowest BCUT2D eigenvalue weighted by Crippen LogP contribution is -2.21. The Balaban J connectivity index is 2.78. The van der Waals surface area contributed by atoms with Crippen LogP contribution in [0.3, 0.4) is 0 Å². The van der Waals surface area contributed by atoms with Gasteiger partial charge in [-0.2, -0.15) is 5.10 Å². The topological polar surface area (TPSA) is 54.6 Å². The average Bonchev–Trinajstić information content (AvgIpc) is 2.66. The molecule has 0 atom stereocenters. The fourth-order valence-corrected chi connectivity index (χ4v) is 1.96. The Hall–Kier alpha value is -1.68. The number of carbonyl (C=O) groups is 1. The monoisotopic (exact) mass is 246 g/mol. The number of fused-ring (bicyclic) bond motifs is 1. The van der Waals surface area contributed by atoms with Crippen LogP contribution in [0.25, 0.3) is 5.52 Å². The molecule has 2 rings (SSSR count). The number of nitrogens with zero attached hydrogens (tertiary/aromatic N) is 2. The molecule has 18 heavy (non-hydrogen) atoms. The Kier molecular flexibility index (Phi) is 2.99. The first-order valence-corrected chi connectivity index (χ1v) is 6.07. The minimum Gasteiger partial charge on any atom is -0.384 e. The molecule has 0 aromatic carbocycles. The average molecular weight is 246 g/mol. The van der Waals surface area contributed by atoms with Gasteiger partial charge >= 0.3 is 0 Å². The molecule has 0 aliphatic carbocycles. The molecule has 0 amide bonds. The number of carbonyl (C=O) groups excluding carboxylic acids is 1. The van der Waals surface area contributed by atoms with Gasteiger partial charge in [-0.05, 0) is 26.0 Å². The number of ketones is 1. The van der Waals surface area contributed by atoms with Gasteiger partial charge in [0.05, 0.1) is 11.1 Å². The number of aliphatic hydroxyl groups is 1. The van der Waals surface area contributed by atoms with E-state index in [1.54, 1.807) is 24.6 Å². The van der Waals surface area contributed by atoms with Gasteiger partial charge in [-0.25, -0.2) is 4.52 Å². The SMILES string of the molecule is CC(C)C(=O)c1c(C(C)(C)O)nn2ccccc12. The lowest BCUT2D eigenvalue weighted by molar-refractivity contribution is 0.0702. The van der Waals surface area contributed by atoms with Crippen LogP contribution in [0.1, 0.15) is 43.7 Å². The van der Waals surface area contributed by atoms with Crippen LogP contribution in [0.4, 0.5) is 0 Å². The van der Waals surface area contributed by atoms with Crippen LogP contribution in [0.2, 0.25) is 0 Å². The standard InChI is InChI=1S/C14H18N2O2/c1-9(2)12(17)11-10-7-5-6-8-16(10)15-13(11)14(3,4)18/h5-9,18H,1-4H3. The second-order valence-electron chi connectivity index (χ2n) is 5.33. The van der Waals surface area contributed by atoms with Gasteiger partial charge in [0.15, 0.2) is 5.78 Å². The van der Waals surface area contributed by atoms with E-state index in [1.165, 1.54) is 0 Å². The Bertz CT molecular complexity index is 591. The highest BCUT2D eigenvalue weighted by Gasteiger charge is 2.30. The predicted molar refractivity (Wildman–Crippen MR) is 69.6 cm³/mol. The van der Waals surface area contributed by atoms with E-state index in [9.17, 15) is 9.90 Å². The van der Waals surface area contributed by atoms with Gasteiger partial charge in [-0.1, -0.05) is 19.9 Å². The van der Waals surface area contributed by atoms with Gasteiger partial charge in [-0.15, -0.1) is 0 Å². The van der Waals surface area contributed by atoms with Crippen molar-refractivity contribution in [2.24, 2.45) is 5.92 Å². The summed E-state index contributed by atoms with van der Waals surface area (Å²) >= 11 is 0. The Morgan fingerprint density at radius 1 is 1.39 bits per heavy atom. The zero-order valence-corrected chi connectivity index (χ0v) is 11.1. The van der Waals surface area contributed by atoms with Crippen LogP contribution in [-0.2, 0) is 5.60 Å². The first kappa shape index (κ1) is 12.8. The van der Waals surface area contributed by atoms with E-state index in [0.29, 0.717) is 11.3 Å². The van der Waals surface area contributed by atoms with E-state index < -0.39 is 5.60 Å². The number of aromatic nitrogens is 2. The molecular formula is C14H18N2O2. The van der Waals surface area contributed by atoms with Gasteiger partial charge in [-0.3, -0.25) is 4.79 Å². The third-order valence-corrected chi connectivity index (χ3v) is 2.89. The molecule has 0 fully saturated rings. The number of hydrogen-bond donors (Lipinski definition) is 1. The molecule has 96 valence electrons. The Morgan fingerprint density at radius 2 is 2.06 bits per heavy atom. The normalized spacial score (nSPS) is 12.3. The first-order valence-electron chi connectivity index (χ1n) is 6.07. The fraction of sp³-hybridized carbons (Fsp3) is 0.429. The fourth-order valence-electron chi connectivity index (χ4n) is 1.96. The van der Waals surface area contributed by atoms with Crippen molar-refractivity contribution in [2.75, 3.05) is 0 Å². The van der Waals surface area contributed by atoms with Crippen LogP contribution < -0.4 is 0 Å². The quantitative estimate of drug-likeness (QED) is 0.846. The summed E-state index contributed by atoms with van der Waals surface area (Å²) < 4.78 is 1.64. The molecule has 0 aliphatic rings. The summed E-state index contributed by atoms with van der Waals surface area (Å²) in [5.41, 5.74) is 0.574. The Labute approximate surface area is 106 Å². The maximum absolute atomic E-state index is 12.3. The second kappa shape index (κ2) is 4.21. The van der Waals surface area contributed by atoms with E-state index in [1.807, 2.05) is 32.0 Å². The molecule has 2 aromatic rings. The van der Waals surface area contributed by atoms with Crippen LogP contribution in [-0.4, -0.2) is 20.5 Å². The van der Waals surface area contributed by atoms with E-state index >= 15 is 0 Å². The number of rotatable bonds is 3. The van der Waals surface area contributed by atoms with Gasteiger partial charge in [0.1, 0.15) is 11.3 Å². The maximum atomic E-state index is 12.3. The zero-order valence-electron chi connectivity index (χ0n) is 11.1. The smallest absolute Gasteiger partial charge is 0.169 e. The molecule has 0 bridgehead atoms. The predicted octanol–water partition coefficient (Wildman–Crippen LogP) is 2.40. The number of pyridine rings is 1. The summed E-state index contributed by atoms with van der Waals surface area (Å²) in [5, 5.41) is 14.5. The largest absolute Gasteiger partial charge is 0.384 e. The van der Waals surface area contributed by atoms with E-state index in [0.717, 1.165) is 5.52 Å². The summed E-state index contributed by atoms with van der Waals surface area (Å²) in [6.45, 7) is 6.99. The van der Waals surface area contributed by atoms with Crippen molar-refractivity contribution in [2.45, 2.75) is 33.3 Å². The lowest BCUT2D eigenvalue weighted by Gasteiger charge is -2.16. The van der Waals surface area contributed by atoms with E-state index in [2.05, 4.69) is 5.10 Å². The highest BCUT2D eigenvalue weighted by atomic mass is 16.3. The molecule has 0 radical (unpaired) electrons. The zero-order chi connectivity index (χ0) is 13.5. The molecule has 4 nitrogen and oxygen atoms in total. The molecule has 0 spiro atoms. The van der Waals surface area contributed by atoms with Gasteiger partial charge < -0.3 is 5.11 Å². The molecule has 0 aliphatic heterocycles. The highest BCUT2D eigenvalue weighted by molar-refractivity contribution is 6.04. The van der Waals surface area contributed by atoms with Crippen LogP contribution >= 0.6 is 0 Å². The Morgan fingerprint density at radius 3 is 2.61 bits per heavy atom.